The molecule has 2 aromatic carbocycles. The van der Waals surface area contributed by atoms with Gasteiger partial charge in [0.1, 0.15) is 11.6 Å². The number of aromatic hydroxyl groups is 1. The van der Waals surface area contributed by atoms with Crippen LogP contribution in [0.2, 0.25) is 5.02 Å². The Morgan fingerprint density at radius 3 is 2.77 bits per heavy atom. The fraction of sp³-hybridized carbons (Fsp3) is 0.400. The van der Waals surface area contributed by atoms with Crippen LogP contribution in [0.3, 0.4) is 0 Å². The van der Waals surface area contributed by atoms with Gasteiger partial charge in [-0.2, -0.15) is 0 Å². The molecule has 0 radical (unpaired) electrons. The number of hydrogen-bond acceptors (Lipinski definition) is 4. The van der Waals surface area contributed by atoms with E-state index in [1.807, 2.05) is 19.2 Å². The Hall–Kier alpha value is -1.66. The van der Waals surface area contributed by atoms with Crippen molar-refractivity contribution in [2.24, 2.45) is 5.92 Å². The molecule has 1 saturated heterocycles. The predicted molar refractivity (Wildman–Crippen MR) is 101 cm³/mol. The van der Waals surface area contributed by atoms with Crippen molar-refractivity contribution in [1.82, 2.24) is 10.2 Å². The summed E-state index contributed by atoms with van der Waals surface area (Å²) >= 11 is 5.99. The van der Waals surface area contributed by atoms with Gasteiger partial charge in [-0.3, -0.25) is 4.90 Å². The number of aliphatic hydroxyl groups is 1. The second kappa shape index (κ2) is 8.35. The molecule has 0 bridgehead atoms. The van der Waals surface area contributed by atoms with Gasteiger partial charge in [0.25, 0.3) is 0 Å². The number of rotatable bonds is 6. The summed E-state index contributed by atoms with van der Waals surface area (Å²) in [5, 5.41) is 23.5. The minimum Gasteiger partial charge on any atom is -0.508 e. The van der Waals surface area contributed by atoms with E-state index in [-0.39, 0.29) is 36.2 Å². The highest BCUT2D eigenvalue weighted by Gasteiger charge is 2.40. The molecule has 1 fully saturated rings. The van der Waals surface area contributed by atoms with Gasteiger partial charge in [-0.05, 0) is 43.7 Å². The van der Waals surface area contributed by atoms with Crippen molar-refractivity contribution in [2.45, 2.75) is 25.0 Å². The molecule has 26 heavy (non-hydrogen) atoms. The first-order valence-electron chi connectivity index (χ1n) is 8.76. The van der Waals surface area contributed by atoms with E-state index in [0.29, 0.717) is 23.7 Å². The first-order chi connectivity index (χ1) is 12.5. The van der Waals surface area contributed by atoms with E-state index in [2.05, 4.69) is 10.2 Å². The summed E-state index contributed by atoms with van der Waals surface area (Å²) in [7, 11) is 1.93. The zero-order valence-electron chi connectivity index (χ0n) is 14.7. The number of likely N-dealkylation sites (tertiary alicyclic amines) is 1. The number of phenolic OH excluding ortho intramolecular Hbond substituents is 1. The third-order valence-corrected chi connectivity index (χ3v) is 5.47. The summed E-state index contributed by atoms with van der Waals surface area (Å²) in [5.41, 5.74) is 1.38. The van der Waals surface area contributed by atoms with Gasteiger partial charge in [0, 0.05) is 41.3 Å². The maximum Gasteiger partial charge on any atom is 0.127 e. The summed E-state index contributed by atoms with van der Waals surface area (Å²) in [6, 6.07) is 11.7. The lowest BCUT2D eigenvalue weighted by Gasteiger charge is -2.28. The molecule has 1 aliphatic heterocycles. The SMILES string of the molecule is CN1[C@H](CO)C[C@H](CNCc2cc(Cl)ccc2O)[C@@H]1c1ccccc1F. The van der Waals surface area contributed by atoms with E-state index in [9.17, 15) is 14.6 Å². The molecular weight excluding hydrogens is 355 g/mol. The van der Waals surface area contributed by atoms with Gasteiger partial charge in [-0.1, -0.05) is 29.8 Å². The van der Waals surface area contributed by atoms with Crippen molar-refractivity contribution in [1.29, 1.82) is 0 Å². The number of nitrogens with one attached hydrogen (secondary N) is 1. The van der Waals surface area contributed by atoms with E-state index < -0.39 is 0 Å². The molecule has 0 unspecified atom stereocenters. The Balaban J connectivity index is 1.72. The lowest BCUT2D eigenvalue weighted by atomic mass is 9.92. The Bertz CT molecular complexity index is 758. The van der Waals surface area contributed by atoms with E-state index in [1.165, 1.54) is 6.07 Å². The molecule has 0 saturated carbocycles. The molecule has 0 amide bonds. The fourth-order valence-corrected chi connectivity index (χ4v) is 4.07. The molecule has 0 aliphatic carbocycles. The quantitative estimate of drug-likeness (QED) is 0.721. The van der Waals surface area contributed by atoms with Gasteiger partial charge in [0.15, 0.2) is 0 Å². The van der Waals surface area contributed by atoms with Crippen LogP contribution in [-0.4, -0.2) is 41.4 Å². The number of nitrogens with zero attached hydrogens (tertiary/aromatic N) is 1. The van der Waals surface area contributed by atoms with Crippen LogP contribution < -0.4 is 5.32 Å². The normalized spacial score (nSPS) is 23.5. The number of benzene rings is 2. The Morgan fingerprint density at radius 2 is 2.04 bits per heavy atom. The number of hydrogen-bond donors (Lipinski definition) is 3. The smallest absolute Gasteiger partial charge is 0.127 e. The third kappa shape index (κ3) is 4.01. The predicted octanol–water partition coefficient (Wildman–Crippen LogP) is 3.33. The Labute approximate surface area is 158 Å². The molecule has 4 nitrogen and oxygen atoms in total. The van der Waals surface area contributed by atoms with Crippen molar-refractivity contribution in [2.75, 3.05) is 20.2 Å². The Kier molecular flexibility index (Phi) is 6.14. The van der Waals surface area contributed by atoms with Crippen molar-refractivity contribution in [3.63, 3.8) is 0 Å². The highest BCUT2D eigenvalue weighted by Crippen LogP contribution is 2.40. The van der Waals surface area contributed by atoms with Crippen molar-refractivity contribution in [3.05, 3.63) is 64.4 Å². The minimum atomic E-state index is -0.222. The molecule has 3 rings (SSSR count). The first-order valence-corrected chi connectivity index (χ1v) is 9.14. The molecule has 1 heterocycles. The van der Waals surface area contributed by atoms with Gasteiger partial charge in [0.05, 0.1) is 6.61 Å². The first kappa shape index (κ1) is 19.1. The zero-order valence-corrected chi connectivity index (χ0v) is 15.5. The largest absolute Gasteiger partial charge is 0.508 e. The van der Waals surface area contributed by atoms with Crippen LogP contribution in [0.25, 0.3) is 0 Å². The molecule has 3 atom stereocenters. The van der Waals surface area contributed by atoms with Crippen molar-refractivity contribution >= 4 is 11.6 Å². The average Bonchev–Trinajstić information content (AvgIpc) is 2.94. The van der Waals surface area contributed by atoms with Crippen LogP contribution in [0, 0.1) is 11.7 Å². The number of likely N-dealkylation sites (N-methyl/N-ethyl adjacent to an activating group) is 1. The van der Waals surface area contributed by atoms with E-state index >= 15 is 0 Å². The van der Waals surface area contributed by atoms with Crippen LogP contribution in [0.5, 0.6) is 5.75 Å². The van der Waals surface area contributed by atoms with Crippen LogP contribution in [0.15, 0.2) is 42.5 Å². The summed E-state index contributed by atoms with van der Waals surface area (Å²) in [6.45, 7) is 1.17. The van der Waals surface area contributed by atoms with Gasteiger partial charge < -0.3 is 15.5 Å². The number of halogens is 2. The summed E-state index contributed by atoms with van der Waals surface area (Å²) < 4.78 is 14.3. The van der Waals surface area contributed by atoms with E-state index in [4.69, 9.17) is 11.6 Å². The summed E-state index contributed by atoms with van der Waals surface area (Å²) in [6.07, 6.45) is 0.778. The second-order valence-electron chi connectivity index (χ2n) is 6.87. The topological polar surface area (TPSA) is 55.7 Å². The molecule has 140 valence electrons. The fourth-order valence-electron chi connectivity index (χ4n) is 3.88. The molecule has 6 heteroatoms. The summed E-state index contributed by atoms with van der Waals surface area (Å²) in [5.74, 6) is 0.125. The lowest BCUT2D eigenvalue weighted by molar-refractivity contribution is 0.151. The monoisotopic (exact) mass is 378 g/mol. The van der Waals surface area contributed by atoms with Crippen LogP contribution in [-0.2, 0) is 6.54 Å². The molecule has 1 aliphatic rings. The molecule has 2 aromatic rings. The zero-order chi connectivity index (χ0) is 18.7. The molecule has 0 spiro atoms. The highest BCUT2D eigenvalue weighted by molar-refractivity contribution is 6.30. The van der Waals surface area contributed by atoms with Crippen LogP contribution in [0.1, 0.15) is 23.6 Å². The number of aliphatic hydroxyl groups excluding tert-OH is 1. The standard InChI is InChI=1S/C20H24ClFN2O2/c1-24-16(12-25)9-14(20(24)17-4-2-3-5-18(17)22)11-23-10-13-8-15(21)6-7-19(13)26/h2-8,14,16,20,23,25-26H,9-12H2,1H3/t14-,16+,20-/m1/s1. The minimum absolute atomic E-state index is 0.00554. The van der Waals surface area contributed by atoms with Crippen LogP contribution in [0.4, 0.5) is 4.39 Å². The Morgan fingerprint density at radius 1 is 1.27 bits per heavy atom. The van der Waals surface area contributed by atoms with Gasteiger partial charge in [-0.15, -0.1) is 0 Å². The highest BCUT2D eigenvalue weighted by atomic mass is 35.5. The third-order valence-electron chi connectivity index (χ3n) is 5.23. The maximum atomic E-state index is 14.3. The maximum absolute atomic E-state index is 14.3. The average molecular weight is 379 g/mol. The second-order valence-corrected chi connectivity index (χ2v) is 7.30. The van der Waals surface area contributed by atoms with Gasteiger partial charge in [-0.25, -0.2) is 4.39 Å². The summed E-state index contributed by atoms with van der Waals surface area (Å²) in [4.78, 5) is 2.06. The van der Waals surface area contributed by atoms with Crippen molar-refractivity contribution in [3.8, 4) is 5.75 Å². The molecule has 3 N–H and O–H groups in total. The van der Waals surface area contributed by atoms with Gasteiger partial charge >= 0.3 is 0 Å². The van der Waals surface area contributed by atoms with E-state index in [1.54, 1.807) is 24.3 Å². The van der Waals surface area contributed by atoms with Gasteiger partial charge in [0.2, 0.25) is 0 Å². The van der Waals surface area contributed by atoms with Crippen LogP contribution >= 0.6 is 11.6 Å². The molecule has 0 aromatic heterocycles. The van der Waals surface area contributed by atoms with E-state index in [0.717, 1.165) is 12.0 Å². The van der Waals surface area contributed by atoms with Crippen molar-refractivity contribution < 1.29 is 14.6 Å². The number of phenols is 1. The molecular formula is C20H24ClFN2O2. The lowest BCUT2D eigenvalue weighted by Crippen LogP contribution is -2.32.